The van der Waals surface area contributed by atoms with Crippen LogP contribution >= 0.6 is 0 Å². The first-order valence-electron chi connectivity index (χ1n) is 9.33. The van der Waals surface area contributed by atoms with Crippen molar-refractivity contribution in [1.82, 2.24) is 4.90 Å². The molecule has 0 aromatic heterocycles. The predicted molar refractivity (Wildman–Crippen MR) is 97.5 cm³/mol. The van der Waals surface area contributed by atoms with Crippen molar-refractivity contribution < 1.29 is 4.74 Å². The number of fused-ring (bicyclic) bond motifs is 1. The minimum absolute atomic E-state index is 0.171. The van der Waals surface area contributed by atoms with E-state index in [9.17, 15) is 0 Å². The number of nitrogens with zero attached hydrogens (tertiary/aromatic N) is 2. The molecule has 0 spiro atoms. The van der Waals surface area contributed by atoms with Gasteiger partial charge in [0, 0.05) is 24.8 Å². The second-order valence-corrected chi connectivity index (χ2v) is 7.22. The van der Waals surface area contributed by atoms with Crippen LogP contribution in [0, 0.1) is 0 Å². The lowest BCUT2D eigenvalue weighted by Gasteiger charge is -2.32. The van der Waals surface area contributed by atoms with Crippen molar-refractivity contribution in [2.24, 2.45) is 10.7 Å². The summed E-state index contributed by atoms with van der Waals surface area (Å²) in [5.74, 6) is 0.501. The number of morpholine rings is 1. The van der Waals surface area contributed by atoms with Gasteiger partial charge >= 0.3 is 0 Å². The summed E-state index contributed by atoms with van der Waals surface area (Å²) in [5, 5.41) is 3.31. The lowest BCUT2D eigenvalue weighted by molar-refractivity contribution is -0.0258. The van der Waals surface area contributed by atoms with E-state index >= 15 is 0 Å². The van der Waals surface area contributed by atoms with Gasteiger partial charge in [-0.2, -0.15) is 0 Å². The third-order valence-corrected chi connectivity index (χ3v) is 5.36. The lowest BCUT2D eigenvalue weighted by atomic mass is 9.90. The van der Waals surface area contributed by atoms with E-state index < -0.39 is 0 Å². The molecule has 24 heavy (non-hydrogen) atoms. The zero-order valence-corrected chi connectivity index (χ0v) is 14.3. The van der Waals surface area contributed by atoms with Crippen LogP contribution in [0.5, 0.6) is 0 Å². The molecule has 1 aromatic carbocycles. The fourth-order valence-electron chi connectivity index (χ4n) is 3.90. The fraction of sp³-hybridized carbons (Fsp3) is 0.632. The van der Waals surface area contributed by atoms with Gasteiger partial charge < -0.3 is 15.8 Å². The number of benzene rings is 1. The van der Waals surface area contributed by atoms with Crippen molar-refractivity contribution in [1.29, 1.82) is 0 Å². The Labute approximate surface area is 144 Å². The van der Waals surface area contributed by atoms with Crippen LogP contribution in [0.4, 0.5) is 5.69 Å². The summed E-state index contributed by atoms with van der Waals surface area (Å²) in [6.07, 6.45) is 7.72. The topological polar surface area (TPSA) is 62.9 Å². The number of hydrogen-bond acceptors (Lipinski definition) is 3. The van der Waals surface area contributed by atoms with Crippen LogP contribution in [0.2, 0.25) is 0 Å². The Bertz CT molecular complexity index is 611. The van der Waals surface area contributed by atoms with Crippen LogP contribution in [0.1, 0.15) is 36.8 Å². The maximum absolute atomic E-state index is 6.13. The van der Waals surface area contributed by atoms with Gasteiger partial charge in [-0.1, -0.05) is 12.1 Å². The first kappa shape index (κ1) is 15.9. The number of guanidine groups is 1. The van der Waals surface area contributed by atoms with Crippen LogP contribution in [0.25, 0.3) is 0 Å². The molecule has 2 fully saturated rings. The van der Waals surface area contributed by atoms with E-state index in [0.717, 1.165) is 37.8 Å². The van der Waals surface area contributed by atoms with Crippen molar-refractivity contribution in [2.75, 3.05) is 31.6 Å². The summed E-state index contributed by atoms with van der Waals surface area (Å²) < 4.78 is 5.85. The second-order valence-electron chi connectivity index (χ2n) is 7.22. The molecule has 3 aliphatic rings. The van der Waals surface area contributed by atoms with Crippen LogP contribution in [0.3, 0.4) is 0 Å². The van der Waals surface area contributed by atoms with Gasteiger partial charge in [-0.25, -0.2) is 0 Å². The Kier molecular flexibility index (Phi) is 4.72. The Morgan fingerprint density at radius 2 is 2.17 bits per heavy atom. The summed E-state index contributed by atoms with van der Waals surface area (Å²) in [4.78, 5) is 7.08. The molecule has 5 nitrogen and oxygen atoms in total. The minimum atomic E-state index is 0.171. The molecule has 1 saturated heterocycles. The van der Waals surface area contributed by atoms with E-state index in [4.69, 9.17) is 10.5 Å². The van der Waals surface area contributed by atoms with Gasteiger partial charge in [-0.3, -0.25) is 9.89 Å². The molecule has 1 heterocycles. The molecule has 1 unspecified atom stereocenters. The normalized spacial score (nSPS) is 25.3. The molecular weight excluding hydrogens is 300 g/mol. The van der Waals surface area contributed by atoms with Crippen LogP contribution in [-0.4, -0.2) is 49.2 Å². The Balaban J connectivity index is 1.35. The molecule has 4 rings (SSSR count). The molecule has 5 heteroatoms. The molecule has 0 bridgehead atoms. The van der Waals surface area contributed by atoms with E-state index in [-0.39, 0.29) is 6.10 Å². The first-order valence-corrected chi connectivity index (χ1v) is 9.33. The Morgan fingerprint density at radius 3 is 3.04 bits per heavy atom. The smallest absolute Gasteiger partial charge is 0.193 e. The maximum atomic E-state index is 6.13. The third kappa shape index (κ3) is 3.73. The zero-order chi connectivity index (χ0) is 16.4. The quantitative estimate of drug-likeness (QED) is 0.657. The summed E-state index contributed by atoms with van der Waals surface area (Å²) >= 11 is 0. The molecule has 1 aromatic rings. The third-order valence-electron chi connectivity index (χ3n) is 5.36. The summed E-state index contributed by atoms with van der Waals surface area (Å²) in [5.41, 5.74) is 10.1. The van der Waals surface area contributed by atoms with E-state index in [1.807, 2.05) is 0 Å². The molecule has 1 saturated carbocycles. The predicted octanol–water partition coefficient (Wildman–Crippen LogP) is 2.16. The van der Waals surface area contributed by atoms with Crippen molar-refractivity contribution >= 4 is 11.6 Å². The number of rotatable bonds is 4. The highest BCUT2D eigenvalue weighted by Gasteiger charge is 2.32. The van der Waals surface area contributed by atoms with E-state index in [1.54, 1.807) is 0 Å². The van der Waals surface area contributed by atoms with Crippen LogP contribution in [0.15, 0.2) is 23.2 Å². The van der Waals surface area contributed by atoms with Crippen molar-refractivity contribution in [2.45, 2.75) is 50.7 Å². The zero-order valence-electron chi connectivity index (χ0n) is 14.3. The number of ether oxygens (including phenoxy) is 1. The number of aliphatic imine (C=N–C) groups is 1. The molecule has 0 radical (unpaired) electrons. The van der Waals surface area contributed by atoms with E-state index in [0.29, 0.717) is 12.5 Å². The minimum Gasteiger partial charge on any atom is -0.374 e. The van der Waals surface area contributed by atoms with Crippen LogP contribution in [-0.2, 0) is 17.6 Å². The van der Waals surface area contributed by atoms with Gasteiger partial charge in [0.05, 0.1) is 19.3 Å². The number of nitrogens with two attached hydrogens (primary N) is 1. The molecule has 1 aliphatic heterocycles. The molecular formula is C19H28N4O. The van der Waals surface area contributed by atoms with Crippen LogP contribution < -0.4 is 11.1 Å². The van der Waals surface area contributed by atoms with Gasteiger partial charge in [-0.05, 0) is 55.7 Å². The Morgan fingerprint density at radius 1 is 1.29 bits per heavy atom. The van der Waals surface area contributed by atoms with Crippen molar-refractivity contribution in [3.63, 3.8) is 0 Å². The highest BCUT2D eigenvalue weighted by Crippen LogP contribution is 2.29. The monoisotopic (exact) mass is 328 g/mol. The molecule has 0 amide bonds. The average molecular weight is 328 g/mol. The van der Waals surface area contributed by atoms with Gasteiger partial charge in [0.15, 0.2) is 5.96 Å². The SMILES string of the molecule is NC(=NCC1CN(C2CC2)CCO1)Nc1cccc2c1CCCC2. The number of anilines is 1. The second kappa shape index (κ2) is 7.11. The first-order chi connectivity index (χ1) is 11.8. The Hall–Kier alpha value is -1.59. The molecule has 1 atom stereocenters. The van der Waals surface area contributed by atoms with Gasteiger partial charge in [0.1, 0.15) is 0 Å². The average Bonchev–Trinajstić information content (AvgIpc) is 3.46. The van der Waals surface area contributed by atoms with Gasteiger partial charge in [-0.15, -0.1) is 0 Å². The highest BCUT2D eigenvalue weighted by molar-refractivity contribution is 5.93. The number of nitrogens with one attached hydrogen (secondary N) is 1. The van der Waals surface area contributed by atoms with E-state index in [1.165, 1.54) is 43.2 Å². The van der Waals surface area contributed by atoms with E-state index in [2.05, 4.69) is 33.4 Å². The fourth-order valence-corrected chi connectivity index (χ4v) is 3.90. The molecule has 2 aliphatic carbocycles. The molecule has 3 N–H and O–H groups in total. The largest absolute Gasteiger partial charge is 0.374 e. The number of aryl methyl sites for hydroxylation is 1. The lowest BCUT2D eigenvalue weighted by Crippen LogP contribution is -2.45. The summed E-state index contributed by atoms with van der Waals surface area (Å²) in [6.45, 7) is 3.50. The number of hydrogen-bond donors (Lipinski definition) is 2. The highest BCUT2D eigenvalue weighted by atomic mass is 16.5. The van der Waals surface area contributed by atoms with Crippen molar-refractivity contribution in [3.05, 3.63) is 29.3 Å². The molecule has 130 valence electrons. The maximum Gasteiger partial charge on any atom is 0.193 e. The summed E-state index contributed by atoms with van der Waals surface area (Å²) in [6, 6.07) is 7.25. The standard InChI is InChI=1S/C19H28N4O/c20-19(21-12-16-13-23(10-11-24-16)15-8-9-15)22-18-7-3-5-14-4-1-2-6-17(14)18/h3,5,7,15-16H,1-2,4,6,8-13H2,(H3,20,21,22). The summed E-state index contributed by atoms with van der Waals surface area (Å²) in [7, 11) is 0. The van der Waals surface area contributed by atoms with Gasteiger partial charge in [0.25, 0.3) is 0 Å². The van der Waals surface area contributed by atoms with Crippen molar-refractivity contribution in [3.8, 4) is 0 Å². The van der Waals surface area contributed by atoms with Gasteiger partial charge in [0.2, 0.25) is 0 Å².